The zero-order valence-corrected chi connectivity index (χ0v) is 4.09. The van der Waals surface area contributed by atoms with Crippen LogP contribution in [0.4, 0.5) is 5.13 Å². The molecule has 0 fully saturated rings. The van der Waals surface area contributed by atoms with E-state index in [0.29, 0.717) is 5.13 Å². The molecule has 0 saturated heterocycles. The van der Waals surface area contributed by atoms with E-state index in [0.717, 1.165) is 11.5 Å². The molecule has 0 atom stereocenters. The lowest BCUT2D eigenvalue weighted by atomic mass is 11.2. The van der Waals surface area contributed by atoms with Crippen LogP contribution in [-0.4, -0.2) is 9.36 Å². The van der Waals surface area contributed by atoms with Gasteiger partial charge in [-0.05, 0) is 0 Å². The number of hydrogen-bond donors (Lipinski definition) is 0. The summed E-state index contributed by atoms with van der Waals surface area (Å²) in [5.41, 5.74) is 7.96. The zero-order chi connectivity index (χ0) is 5.11. The maximum atomic E-state index is 7.96. The van der Waals surface area contributed by atoms with Gasteiger partial charge in [0.25, 0.3) is 0 Å². The lowest BCUT2D eigenvalue weighted by molar-refractivity contribution is 1.29. The highest BCUT2D eigenvalue weighted by atomic mass is 32.1. The molecule has 0 unspecified atom stereocenters. The van der Waals surface area contributed by atoms with Crippen molar-refractivity contribution in [3.05, 3.63) is 11.9 Å². The topological polar surface area (TPSA) is 60.4 Å². The lowest BCUT2D eigenvalue weighted by Crippen LogP contribution is -1.49. The quantitative estimate of drug-likeness (QED) is 0.513. The Morgan fingerprint density at radius 2 is 2.71 bits per heavy atom. The van der Waals surface area contributed by atoms with Crippen molar-refractivity contribution in [3.8, 4) is 0 Å². The molecular weight excluding hydrogens is 112 g/mol. The maximum Gasteiger partial charge on any atom is 0.208 e. The zero-order valence-electron chi connectivity index (χ0n) is 3.27. The first-order valence-electron chi connectivity index (χ1n) is 1.55. The molecular formula is C2HN4S-. The highest BCUT2D eigenvalue weighted by Crippen LogP contribution is 2.09. The number of rotatable bonds is 1. The molecule has 0 saturated carbocycles. The minimum Gasteiger partial charge on any atom is -0.704 e. The van der Waals surface area contributed by atoms with Crippen LogP contribution in [0.1, 0.15) is 0 Å². The predicted molar refractivity (Wildman–Crippen MR) is 25.4 cm³/mol. The average Bonchev–Trinajstić information content (AvgIpc) is 2.14. The minimum absolute atomic E-state index is 0.292. The first-order valence-corrected chi connectivity index (χ1v) is 2.32. The van der Waals surface area contributed by atoms with Gasteiger partial charge >= 0.3 is 0 Å². The van der Waals surface area contributed by atoms with Crippen molar-refractivity contribution in [2.45, 2.75) is 0 Å². The van der Waals surface area contributed by atoms with Crippen molar-refractivity contribution in [3.63, 3.8) is 0 Å². The fraction of sp³-hybridized carbons (Fsp3) is 0. The molecule has 1 rings (SSSR count). The summed E-state index contributed by atoms with van der Waals surface area (Å²) in [6, 6.07) is 0. The molecule has 0 aromatic carbocycles. The summed E-state index contributed by atoms with van der Waals surface area (Å²) in [6.45, 7) is 0. The monoisotopic (exact) mass is 113 g/mol. The van der Waals surface area contributed by atoms with Gasteiger partial charge in [0.2, 0.25) is 5.13 Å². The SMILES string of the molecule is [N-]=Nc1ncns1. The molecule has 0 bridgehead atoms. The third-order valence-corrected chi connectivity index (χ3v) is 0.985. The number of nitrogens with zero attached hydrogens (tertiary/aromatic N) is 4. The van der Waals surface area contributed by atoms with E-state index in [1.165, 1.54) is 6.33 Å². The largest absolute Gasteiger partial charge is 0.704 e. The molecule has 1 aromatic heterocycles. The Labute approximate surface area is 43.9 Å². The fourth-order valence-corrected chi connectivity index (χ4v) is 0.531. The van der Waals surface area contributed by atoms with Crippen molar-refractivity contribution < 1.29 is 0 Å². The average molecular weight is 113 g/mol. The first-order chi connectivity index (χ1) is 3.43. The van der Waals surface area contributed by atoms with Gasteiger partial charge in [-0.2, -0.15) is 4.37 Å². The second-order valence-corrected chi connectivity index (χ2v) is 1.58. The van der Waals surface area contributed by atoms with E-state index >= 15 is 0 Å². The van der Waals surface area contributed by atoms with E-state index in [4.69, 9.17) is 5.53 Å². The van der Waals surface area contributed by atoms with Crippen molar-refractivity contribution >= 4 is 16.7 Å². The van der Waals surface area contributed by atoms with E-state index in [2.05, 4.69) is 14.5 Å². The summed E-state index contributed by atoms with van der Waals surface area (Å²) in [5, 5.41) is 3.07. The summed E-state index contributed by atoms with van der Waals surface area (Å²) < 4.78 is 3.57. The van der Waals surface area contributed by atoms with E-state index in [1.807, 2.05) is 0 Å². The second-order valence-electron chi connectivity index (χ2n) is 0.824. The third-order valence-electron chi connectivity index (χ3n) is 0.435. The van der Waals surface area contributed by atoms with Crippen LogP contribution in [0, 0.1) is 0 Å². The molecule has 4 nitrogen and oxygen atoms in total. The van der Waals surface area contributed by atoms with Crippen molar-refractivity contribution in [1.29, 1.82) is 0 Å². The van der Waals surface area contributed by atoms with Gasteiger partial charge in [0, 0.05) is 11.5 Å². The Morgan fingerprint density at radius 3 is 3.00 bits per heavy atom. The summed E-state index contributed by atoms with van der Waals surface area (Å²) in [4.78, 5) is 3.53. The summed E-state index contributed by atoms with van der Waals surface area (Å²) in [6.07, 6.45) is 1.33. The summed E-state index contributed by atoms with van der Waals surface area (Å²) in [7, 11) is 0. The minimum atomic E-state index is 0.292. The highest BCUT2D eigenvalue weighted by Gasteiger charge is 1.80. The van der Waals surface area contributed by atoms with Crippen molar-refractivity contribution in [2.75, 3.05) is 0 Å². The van der Waals surface area contributed by atoms with Crippen LogP contribution in [0.25, 0.3) is 5.53 Å². The molecule has 5 heteroatoms. The van der Waals surface area contributed by atoms with Gasteiger partial charge in [-0.25, -0.2) is 4.98 Å². The van der Waals surface area contributed by atoms with Crippen molar-refractivity contribution in [2.24, 2.45) is 5.11 Å². The van der Waals surface area contributed by atoms with E-state index in [-0.39, 0.29) is 0 Å². The molecule has 0 amide bonds. The van der Waals surface area contributed by atoms with Gasteiger partial charge in [-0.3, -0.25) is 0 Å². The molecule has 0 radical (unpaired) electrons. The Balaban J connectivity index is 2.96. The van der Waals surface area contributed by atoms with Gasteiger partial charge in [0.15, 0.2) is 0 Å². The smallest absolute Gasteiger partial charge is 0.208 e. The van der Waals surface area contributed by atoms with E-state index in [1.54, 1.807) is 0 Å². The summed E-state index contributed by atoms with van der Waals surface area (Å²) >= 11 is 1.05. The Kier molecular flexibility index (Phi) is 1.08. The predicted octanol–water partition coefficient (Wildman–Crippen LogP) is 1.19. The first kappa shape index (κ1) is 4.32. The van der Waals surface area contributed by atoms with E-state index < -0.39 is 0 Å². The highest BCUT2D eigenvalue weighted by molar-refractivity contribution is 7.09. The van der Waals surface area contributed by atoms with Crippen molar-refractivity contribution in [1.82, 2.24) is 9.36 Å². The van der Waals surface area contributed by atoms with Gasteiger partial charge in [0.1, 0.15) is 6.33 Å². The standard InChI is InChI=1S/C2HN4S/c3-6-2-4-1-5-7-2/h1H/q-1. The van der Waals surface area contributed by atoms with Crippen LogP contribution in [-0.2, 0) is 0 Å². The second kappa shape index (κ2) is 1.74. The van der Waals surface area contributed by atoms with E-state index in [9.17, 15) is 0 Å². The van der Waals surface area contributed by atoms with Crippen LogP contribution in [0.2, 0.25) is 0 Å². The lowest BCUT2D eigenvalue weighted by Gasteiger charge is -1.78. The Bertz CT molecular complexity index is 145. The molecule has 0 aliphatic carbocycles. The van der Waals surface area contributed by atoms with Gasteiger partial charge in [-0.1, -0.05) is 0 Å². The molecule has 0 spiro atoms. The van der Waals surface area contributed by atoms with Crippen LogP contribution in [0.15, 0.2) is 11.4 Å². The third kappa shape index (κ3) is 0.774. The number of aromatic nitrogens is 2. The number of hydrogen-bond acceptors (Lipinski definition) is 4. The van der Waals surface area contributed by atoms with Crippen LogP contribution in [0.3, 0.4) is 0 Å². The van der Waals surface area contributed by atoms with Gasteiger partial charge in [0.05, 0.1) is 0 Å². The molecule has 36 valence electrons. The summed E-state index contributed by atoms with van der Waals surface area (Å²) in [5.74, 6) is 0. The maximum absolute atomic E-state index is 7.96. The Morgan fingerprint density at radius 1 is 1.86 bits per heavy atom. The molecule has 1 aromatic rings. The van der Waals surface area contributed by atoms with Crippen LogP contribution >= 0.6 is 11.5 Å². The molecule has 1 heterocycles. The molecule has 7 heavy (non-hydrogen) atoms. The molecule has 0 N–H and O–H groups in total. The Hall–Kier alpha value is -0.840. The van der Waals surface area contributed by atoms with Gasteiger partial charge < -0.3 is 10.6 Å². The van der Waals surface area contributed by atoms with Crippen LogP contribution < -0.4 is 0 Å². The molecule has 0 aliphatic heterocycles. The normalized spacial score (nSPS) is 8.57. The van der Waals surface area contributed by atoms with Gasteiger partial charge in [-0.15, -0.1) is 0 Å². The fourth-order valence-electron chi connectivity index (χ4n) is 0.211. The molecule has 0 aliphatic rings. The van der Waals surface area contributed by atoms with Crippen LogP contribution in [0.5, 0.6) is 0 Å².